The summed E-state index contributed by atoms with van der Waals surface area (Å²) in [5.41, 5.74) is 1.63. The van der Waals surface area contributed by atoms with E-state index < -0.39 is 4.92 Å². The highest BCUT2D eigenvalue weighted by Gasteiger charge is 2.13. The summed E-state index contributed by atoms with van der Waals surface area (Å²) >= 11 is 6.60. The smallest absolute Gasteiger partial charge is 0.293 e. The first-order chi connectivity index (χ1) is 9.06. The van der Waals surface area contributed by atoms with Crippen LogP contribution in [-0.4, -0.2) is 4.92 Å². The van der Waals surface area contributed by atoms with Crippen molar-refractivity contribution in [2.75, 3.05) is 5.32 Å². The molecule has 0 heterocycles. The van der Waals surface area contributed by atoms with E-state index in [9.17, 15) is 10.1 Å². The fraction of sp³-hybridized carbons (Fsp3) is 0.0769. The number of anilines is 1. The monoisotopic (exact) mass is 384 g/mol. The third kappa shape index (κ3) is 3.78. The Morgan fingerprint density at radius 1 is 1.05 bits per heavy atom. The van der Waals surface area contributed by atoms with Crippen LogP contribution in [0.3, 0.4) is 0 Å². The molecule has 0 saturated heterocycles. The third-order valence-electron chi connectivity index (χ3n) is 2.55. The molecule has 2 rings (SSSR count). The second-order valence-electron chi connectivity index (χ2n) is 3.90. The number of halogens is 2. The van der Waals surface area contributed by atoms with Gasteiger partial charge in [-0.05, 0) is 29.8 Å². The first kappa shape index (κ1) is 14.0. The van der Waals surface area contributed by atoms with Gasteiger partial charge in [-0.3, -0.25) is 10.1 Å². The van der Waals surface area contributed by atoms with E-state index in [1.165, 1.54) is 6.07 Å². The van der Waals surface area contributed by atoms with Crippen molar-refractivity contribution in [3.05, 3.63) is 67.1 Å². The molecule has 1 N–H and O–H groups in total. The molecule has 0 aliphatic carbocycles. The molecule has 4 nitrogen and oxygen atoms in total. The van der Waals surface area contributed by atoms with Crippen LogP contribution in [0.2, 0.25) is 0 Å². The second-order valence-corrected chi connectivity index (χ2v) is 5.73. The Morgan fingerprint density at radius 3 is 2.32 bits per heavy atom. The number of nitro benzene ring substituents is 1. The van der Waals surface area contributed by atoms with Gasteiger partial charge in [0.25, 0.3) is 5.69 Å². The molecule has 0 aliphatic heterocycles. The summed E-state index contributed by atoms with van der Waals surface area (Å²) in [5.74, 6) is 0. The van der Waals surface area contributed by atoms with Crippen LogP contribution in [0.1, 0.15) is 5.56 Å². The molecule has 0 spiro atoms. The van der Waals surface area contributed by atoms with Crippen molar-refractivity contribution in [3.63, 3.8) is 0 Å². The molecule has 0 aromatic heterocycles. The highest BCUT2D eigenvalue weighted by molar-refractivity contribution is 9.10. The van der Waals surface area contributed by atoms with Crippen molar-refractivity contribution in [1.29, 1.82) is 0 Å². The predicted octanol–water partition coefficient (Wildman–Crippen LogP) is 4.73. The van der Waals surface area contributed by atoms with Crippen molar-refractivity contribution in [3.8, 4) is 0 Å². The average Bonchev–Trinajstić information content (AvgIpc) is 2.39. The maximum atomic E-state index is 11.0. The van der Waals surface area contributed by atoms with E-state index >= 15 is 0 Å². The van der Waals surface area contributed by atoms with Crippen molar-refractivity contribution in [2.45, 2.75) is 6.54 Å². The Balaban J connectivity index is 2.15. The summed E-state index contributed by atoms with van der Waals surface area (Å²) in [6, 6.07) is 12.8. The van der Waals surface area contributed by atoms with Crippen molar-refractivity contribution < 1.29 is 4.92 Å². The Kier molecular flexibility index (Phi) is 4.55. The molecule has 98 valence electrons. The summed E-state index contributed by atoms with van der Waals surface area (Å²) < 4.78 is 1.69. The van der Waals surface area contributed by atoms with Gasteiger partial charge in [-0.15, -0.1) is 0 Å². The summed E-state index contributed by atoms with van der Waals surface area (Å²) in [6.45, 7) is 0.537. The standard InChI is InChI=1S/C13H10Br2N2O2/c14-10-3-1-9(2-4-10)8-16-12-6-5-11(15)7-13(12)17(18)19/h1-7,16H,8H2. The van der Waals surface area contributed by atoms with E-state index in [0.717, 1.165) is 10.0 Å². The van der Waals surface area contributed by atoms with Crippen LogP contribution >= 0.6 is 31.9 Å². The van der Waals surface area contributed by atoms with E-state index in [-0.39, 0.29) is 5.69 Å². The molecule has 19 heavy (non-hydrogen) atoms. The number of nitro groups is 1. The molecule has 0 atom stereocenters. The molecule has 0 radical (unpaired) electrons. The number of hydrogen-bond acceptors (Lipinski definition) is 3. The number of benzene rings is 2. The predicted molar refractivity (Wildman–Crippen MR) is 82.3 cm³/mol. The average molecular weight is 386 g/mol. The molecule has 0 saturated carbocycles. The fourth-order valence-electron chi connectivity index (χ4n) is 1.60. The lowest BCUT2D eigenvalue weighted by atomic mass is 10.2. The van der Waals surface area contributed by atoms with Gasteiger partial charge in [0.1, 0.15) is 5.69 Å². The summed E-state index contributed by atoms with van der Waals surface area (Å²) in [7, 11) is 0. The molecular weight excluding hydrogens is 376 g/mol. The third-order valence-corrected chi connectivity index (χ3v) is 3.57. The second kappa shape index (κ2) is 6.16. The minimum absolute atomic E-state index is 0.0616. The van der Waals surface area contributed by atoms with E-state index in [4.69, 9.17) is 0 Å². The van der Waals surface area contributed by atoms with Gasteiger partial charge >= 0.3 is 0 Å². The van der Waals surface area contributed by atoms with Crippen molar-refractivity contribution in [2.24, 2.45) is 0 Å². The summed E-state index contributed by atoms with van der Waals surface area (Å²) in [6.07, 6.45) is 0. The maximum absolute atomic E-state index is 11.0. The van der Waals surface area contributed by atoms with Crippen LogP contribution in [-0.2, 0) is 6.54 Å². The molecule has 6 heteroatoms. The van der Waals surface area contributed by atoms with Crippen LogP contribution in [0.5, 0.6) is 0 Å². The Hall–Kier alpha value is -1.40. The molecule has 0 bridgehead atoms. The zero-order chi connectivity index (χ0) is 13.8. The highest BCUT2D eigenvalue weighted by atomic mass is 79.9. The molecule has 2 aromatic rings. The number of nitrogens with one attached hydrogen (secondary N) is 1. The normalized spacial score (nSPS) is 10.2. The number of nitrogens with zero attached hydrogens (tertiary/aromatic N) is 1. The lowest BCUT2D eigenvalue weighted by Gasteiger charge is -2.07. The van der Waals surface area contributed by atoms with Gasteiger partial charge in [0.2, 0.25) is 0 Å². The molecule has 0 aliphatic rings. The topological polar surface area (TPSA) is 55.2 Å². The van der Waals surface area contributed by atoms with Crippen LogP contribution < -0.4 is 5.32 Å². The van der Waals surface area contributed by atoms with E-state index in [0.29, 0.717) is 16.7 Å². The van der Waals surface area contributed by atoms with E-state index in [1.807, 2.05) is 24.3 Å². The van der Waals surface area contributed by atoms with Gasteiger partial charge < -0.3 is 5.32 Å². The van der Waals surface area contributed by atoms with Crippen LogP contribution in [0.15, 0.2) is 51.4 Å². The number of hydrogen-bond donors (Lipinski definition) is 1. The quantitative estimate of drug-likeness (QED) is 0.611. The van der Waals surface area contributed by atoms with Crippen LogP contribution in [0, 0.1) is 10.1 Å². The van der Waals surface area contributed by atoms with E-state index in [1.54, 1.807) is 12.1 Å². The van der Waals surface area contributed by atoms with Gasteiger partial charge in [-0.2, -0.15) is 0 Å². The minimum atomic E-state index is -0.394. The molecule has 2 aromatic carbocycles. The van der Waals surface area contributed by atoms with Crippen LogP contribution in [0.25, 0.3) is 0 Å². The Labute approximate surface area is 127 Å². The Bertz CT molecular complexity index is 600. The van der Waals surface area contributed by atoms with Gasteiger partial charge in [0, 0.05) is 21.6 Å². The van der Waals surface area contributed by atoms with Crippen LogP contribution in [0.4, 0.5) is 11.4 Å². The minimum Gasteiger partial charge on any atom is -0.375 e. The van der Waals surface area contributed by atoms with Gasteiger partial charge in [0.05, 0.1) is 4.92 Å². The van der Waals surface area contributed by atoms with Crippen molar-refractivity contribution in [1.82, 2.24) is 0 Å². The molecule has 0 amide bonds. The largest absolute Gasteiger partial charge is 0.375 e. The fourth-order valence-corrected chi connectivity index (χ4v) is 2.22. The number of rotatable bonds is 4. The zero-order valence-corrected chi connectivity index (χ0v) is 12.9. The molecule has 0 fully saturated rings. The maximum Gasteiger partial charge on any atom is 0.293 e. The lowest BCUT2D eigenvalue weighted by molar-refractivity contribution is -0.384. The first-order valence-corrected chi connectivity index (χ1v) is 7.07. The van der Waals surface area contributed by atoms with Gasteiger partial charge in [0.15, 0.2) is 0 Å². The first-order valence-electron chi connectivity index (χ1n) is 5.48. The lowest BCUT2D eigenvalue weighted by Crippen LogP contribution is -2.02. The summed E-state index contributed by atoms with van der Waals surface area (Å²) in [5, 5.41) is 14.0. The van der Waals surface area contributed by atoms with Gasteiger partial charge in [-0.25, -0.2) is 0 Å². The Morgan fingerprint density at radius 2 is 1.68 bits per heavy atom. The summed E-state index contributed by atoms with van der Waals surface area (Å²) in [4.78, 5) is 10.6. The van der Waals surface area contributed by atoms with Crippen molar-refractivity contribution >= 4 is 43.2 Å². The zero-order valence-electron chi connectivity index (χ0n) is 9.77. The van der Waals surface area contributed by atoms with E-state index in [2.05, 4.69) is 37.2 Å². The molecule has 0 unspecified atom stereocenters. The highest BCUT2D eigenvalue weighted by Crippen LogP contribution is 2.28. The molecular formula is C13H10Br2N2O2. The SMILES string of the molecule is O=[N+]([O-])c1cc(Br)ccc1NCc1ccc(Br)cc1. The van der Waals surface area contributed by atoms with Gasteiger partial charge in [-0.1, -0.05) is 44.0 Å².